The molecule has 2 unspecified atom stereocenters. The van der Waals surface area contributed by atoms with E-state index in [9.17, 15) is 19.2 Å². The van der Waals surface area contributed by atoms with E-state index in [0.29, 0.717) is 39.0 Å². The van der Waals surface area contributed by atoms with E-state index in [-0.39, 0.29) is 35.5 Å². The van der Waals surface area contributed by atoms with Crippen molar-refractivity contribution < 1.29 is 19.2 Å². The molecule has 0 aromatic heterocycles. The van der Waals surface area contributed by atoms with Crippen LogP contribution in [0.3, 0.4) is 0 Å². The van der Waals surface area contributed by atoms with E-state index < -0.39 is 12.1 Å². The summed E-state index contributed by atoms with van der Waals surface area (Å²) < 4.78 is 0. The molecule has 0 aromatic rings. The van der Waals surface area contributed by atoms with Crippen molar-refractivity contribution in [1.82, 2.24) is 30.2 Å². The van der Waals surface area contributed by atoms with Crippen molar-refractivity contribution in [1.29, 1.82) is 0 Å². The summed E-state index contributed by atoms with van der Waals surface area (Å²) in [4.78, 5) is 63.1. The molecule has 0 spiro atoms. The molecule has 0 aliphatic heterocycles. The lowest BCUT2D eigenvalue weighted by atomic mass is 9.99. The highest BCUT2D eigenvalue weighted by Crippen LogP contribution is 2.20. The largest absolute Gasteiger partial charge is 0.354 e. The number of nitrogens with zero attached hydrogens (tertiary/aromatic N) is 4. The maximum atomic E-state index is 13.8. The van der Waals surface area contributed by atoms with Gasteiger partial charge in [0, 0.05) is 39.0 Å². The minimum atomic E-state index is -0.474. The van der Waals surface area contributed by atoms with Gasteiger partial charge in [0.05, 0.1) is 0 Å². The first-order valence-electron chi connectivity index (χ1n) is 31.2. The van der Waals surface area contributed by atoms with Crippen LogP contribution in [-0.2, 0) is 19.2 Å². The van der Waals surface area contributed by atoms with Gasteiger partial charge in [0.2, 0.25) is 23.6 Å². The first-order chi connectivity index (χ1) is 34.8. The third-order valence-electron chi connectivity index (χ3n) is 14.8. The van der Waals surface area contributed by atoms with Gasteiger partial charge in [0.25, 0.3) is 0 Å². The molecule has 4 amide bonds. The van der Waals surface area contributed by atoms with Gasteiger partial charge >= 0.3 is 0 Å². The maximum Gasteiger partial charge on any atom is 0.243 e. The maximum absolute atomic E-state index is 13.8. The Hall–Kier alpha value is -2.20. The Morgan fingerprint density at radius 1 is 0.319 bits per heavy atom. The Kier molecular flexibility index (Phi) is 48.1. The standard InChI is InChI=1S/C62H124N6O4/c1-11-13-15-17-19-21-23-25-27-29-31-33-35-37-41-47-57(69)67(53-45-51-65(7)8)59(55(3)4)61(71)63-49-43-39-40-44-50-64-62(72)60(56(5)6)68(54-46-52-66(9)10)58(70)48-42-38-36-34-32-30-28-26-24-22-20-18-16-14-12-2/h55-56,59-60H,11-54H2,1-10H3,(H,63,71)(H,64,72). The van der Waals surface area contributed by atoms with Gasteiger partial charge in [-0.2, -0.15) is 0 Å². The monoisotopic (exact) mass is 1020 g/mol. The lowest BCUT2D eigenvalue weighted by Gasteiger charge is -2.34. The normalized spacial score (nSPS) is 12.6. The molecule has 0 bridgehead atoms. The van der Waals surface area contributed by atoms with E-state index in [1.54, 1.807) is 0 Å². The zero-order chi connectivity index (χ0) is 53.5. The lowest BCUT2D eigenvalue weighted by molar-refractivity contribution is -0.142. The zero-order valence-corrected chi connectivity index (χ0v) is 49.8. The first-order valence-corrected chi connectivity index (χ1v) is 31.2. The average molecular weight is 1020 g/mol. The van der Waals surface area contributed by atoms with E-state index in [2.05, 4.69) is 90.2 Å². The minimum Gasteiger partial charge on any atom is -0.354 e. The van der Waals surface area contributed by atoms with Crippen LogP contribution in [0.2, 0.25) is 0 Å². The predicted molar refractivity (Wildman–Crippen MR) is 311 cm³/mol. The van der Waals surface area contributed by atoms with Crippen molar-refractivity contribution in [2.45, 2.75) is 298 Å². The van der Waals surface area contributed by atoms with Gasteiger partial charge in [-0.1, -0.05) is 234 Å². The van der Waals surface area contributed by atoms with Gasteiger partial charge < -0.3 is 30.2 Å². The van der Waals surface area contributed by atoms with Crippen molar-refractivity contribution in [3.63, 3.8) is 0 Å². The average Bonchev–Trinajstić information content (AvgIpc) is 3.33. The third-order valence-corrected chi connectivity index (χ3v) is 14.8. The quantitative estimate of drug-likeness (QED) is 0.0588. The Bertz CT molecular complexity index is 1170. The van der Waals surface area contributed by atoms with Crippen LogP contribution in [0.4, 0.5) is 0 Å². The Balaban J connectivity index is 4.81. The summed E-state index contributed by atoms with van der Waals surface area (Å²) in [5, 5.41) is 6.39. The number of carbonyl (C=O) groups excluding carboxylic acids is 4. The van der Waals surface area contributed by atoms with E-state index in [1.807, 2.05) is 9.80 Å². The fourth-order valence-corrected chi connectivity index (χ4v) is 10.4. The summed E-state index contributed by atoms with van der Waals surface area (Å²) in [7, 11) is 8.21. The van der Waals surface area contributed by atoms with Gasteiger partial charge in [0.15, 0.2) is 0 Å². The number of nitrogens with one attached hydrogen (secondary N) is 2. The van der Waals surface area contributed by atoms with Gasteiger partial charge in [-0.25, -0.2) is 0 Å². The molecule has 2 N–H and O–H groups in total. The number of hydrogen-bond donors (Lipinski definition) is 2. The van der Waals surface area contributed by atoms with Gasteiger partial charge in [-0.3, -0.25) is 19.2 Å². The molecule has 0 saturated carbocycles. The molecule has 10 nitrogen and oxygen atoms in total. The van der Waals surface area contributed by atoms with Crippen molar-refractivity contribution in [3.8, 4) is 0 Å². The van der Waals surface area contributed by atoms with Gasteiger partial charge in [-0.05, 0) is 91.6 Å². The van der Waals surface area contributed by atoms with Crippen molar-refractivity contribution in [2.24, 2.45) is 11.8 Å². The van der Waals surface area contributed by atoms with E-state index in [4.69, 9.17) is 0 Å². The van der Waals surface area contributed by atoms with Crippen LogP contribution < -0.4 is 10.6 Å². The summed E-state index contributed by atoms with van der Waals surface area (Å²) in [5.74, 6) is 0.161. The molecule has 0 saturated heterocycles. The number of unbranched alkanes of at least 4 members (excludes halogenated alkanes) is 31. The van der Waals surface area contributed by atoms with Crippen molar-refractivity contribution in [2.75, 3.05) is 67.5 Å². The third kappa shape index (κ3) is 40.2. The molecule has 10 heteroatoms. The predicted octanol–water partition coefficient (Wildman–Crippen LogP) is 14.9. The summed E-state index contributed by atoms with van der Waals surface area (Å²) in [6.07, 6.45) is 45.2. The van der Waals surface area contributed by atoms with Gasteiger partial charge in [0.1, 0.15) is 12.1 Å². The van der Waals surface area contributed by atoms with E-state index >= 15 is 0 Å². The molecule has 0 aliphatic rings. The smallest absolute Gasteiger partial charge is 0.243 e. The minimum absolute atomic E-state index is 0.0146. The highest BCUT2D eigenvalue weighted by molar-refractivity contribution is 5.88. The molecular formula is C62H124N6O4. The van der Waals surface area contributed by atoms with Crippen LogP contribution in [-0.4, -0.2) is 123 Å². The summed E-state index contributed by atoms with van der Waals surface area (Å²) >= 11 is 0. The lowest BCUT2D eigenvalue weighted by Crippen LogP contribution is -2.53. The molecule has 0 aromatic carbocycles. The van der Waals surface area contributed by atoms with E-state index in [1.165, 1.54) is 167 Å². The van der Waals surface area contributed by atoms with Crippen LogP contribution in [0.25, 0.3) is 0 Å². The molecule has 0 radical (unpaired) electrons. The Morgan fingerprint density at radius 2 is 0.556 bits per heavy atom. The van der Waals surface area contributed by atoms with Crippen LogP contribution >= 0.6 is 0 Å². The molecule has 2 atom stereocenters. The number of carbonyl (C=O) groups is 4. The van der Waals surface area contributed by atoms with Crippen LogP contribution in [0, 0.1) is 11.8 Å². The van der Waals surface area contributed by atoms with Crippen molar-refractivity contribution >= 4 is 23.6 Å². The fraction of sp³-hybridized carbons (Fsp3) is 0.935. The molecule has 0 heterocycles. The molecule has 0 aliphatic carbocycles. The zero-order valence-electron chi connectivity index (χ0n) is 49.8. The van der Waals surface area contributed by atoms with Crippen molar-refractivity contribution in [3.05, 3.63) is 0 Å². The van der Waals surface area contributed by atoms with Crippen LogP contribution in [0.15, 0.2) is 0 Å². The first kappa shape index (κ1) is 69.8. The second kappa shape index (κ2) is 49.7. The second-order valence-electron chi connectivity index (χ2n) is 23.3. The molecule has 72 heavy (non-hydrogen) atoms. The van der Waals surface area contributed by atoms with Crippen LogP contribution in [0.1, 0.15) is 286 Å². The number of amides is 4. The summed E-state index contributed by atoms with van der Waals surface area (Å²) in [5.41, 5.74) is 0. The van der Waals surface area contributed by atoms with Crippen LogP contribution in [0.5, 0.6) is 0 Å². The number of rotatable bonds is 53. The number of hydrogen-bond acceptors (Lipinski definition) is 6. The second-order valence-corrected chi connectivity index (χ2v) is 23.3. The Labute approximate surface area is 448 Å². The molecule has 0 fully saturated rings. The van der Waals surface area contributed by atoms with Gasteiger partial charge in [-0.15, -0.1) is 0 Å². The highest BCUT2D eigenvalue weighted by Gasteiger charge is 2.33. The molecule has 426 valence electrons. The summed E-state index contributed by atoms with van der Waals surface area (Å²) in [6.45, 7) is 16.9. The molecular weight excluding hydrogens is 893 g/mol. The van der Waals surface area contributed by atoms with E-state index in [0.717, 1.165) is 77.3 Å². The Morgan fingerprint density at radius 3 is 0.792 bits per heavy atom. The SMILES string of the molecule is CCCCCCCCCCCCCCCCCC(=O)N(CCCN(C)C)C(C(=O)NCCCCCCNC(=O)C(C(C)C)N(CCCN(C)C)C(=O)CCCCCCCCCCCCCCCCC)C(C)C. The molecule has 0 rings (SSSR count). The highest BCUT2D eigenvalue weighted by atomic mass is 16.2. The summed E-state index contributed by atoms with van der Waals surface area (Å²) in [6, 6.07) is -0.947. The fourth-order valence-electron chi connectivity index (χ4n) is 10.4. The topological polar surface area (TPSA) is 105 Å².